The summed E-state index contributed by atoms with van der Waals surface area (Å²) in [4.78, 5) is 12.1. The first-order valence-corrected chi connectivity index (χ1v) is 8.00. The van der Waals surface area contributed by atoms with E-state index in [4.69, 9.17) is 15.2 Å². The lowest BCUT2D eigenvalue weighted by molar-refractivity contribution is -0.118. The number of hydrogen-bond donors (Lipinski definition) is 2. The van der Waals surface area contributed by atoms with Crippen LogP contribution in [0.4, 0.5) is 11.4 Å². The Kier molecular flexibility index (Phi) is 6.07. The maximum absolute atomic E-state index is 12.1. The van der Waals surface area contributed by atoms with Crippen molar-refractivity contribution in [3.05, 3.63) is 48.0 Å². The number of methoxy groups -OCH3 is 1. The summed E-state index contributed by atoms with van der Waals surface area (Å²) in [5.74, 6) is 1.46. The lowest BCUT2D eigenvalue weighted by Crippen LogP contribution is -2.20. The number of carbonyl (C=O) groups excluding carboxylic acids is 1. The molecule has 2 rings (SSSR count). The number of para-hydroxylation sites is 1. The summed E-state index contributed by atoms with van der Waals surface area (Å²) in [5, 5.41) is 2.77. The molecule has 0 fully saturated rings. The highest BCUT2D eigenvalue weighted by molar-refractivity contribution is 5.92. The molecule has 0 aliphatic heterocycles. The van der Waals surface area contributed by atoms with Gasteiger partial charge in [-0.2, -0.15) is 0 Å². The second-order valence-electron chi connectivity index (χ2n) is 5.64. The topological polar surface area (TPSA) is 73.6 Å². The first kappa shape index (κ1) is 17.7. The van der Waals surface area contributed by atoms with Gasteiger partial charge in [-0.15, -0.1) is 0 Å². The van der Waals surface area contributed by atoms with Crippen molar-refractivity contribution < 1.29 is 14.3 Å². The van der Waals surface area contributed by atoms with Crippen LogP contribution in [0.2, 0.25) is 0 Å². The van der Waals surface area contributed by atoms with Crippen LogP contribution in [0, 0.1) is 0 Å². The Bertz CT molecular complexity index is 701. The number of anilines is 2. The van der Waals surface area contributed by atoms with Gasteiger partial charge in [0.2, 0.25) is 0 Å². The number of carbonyl (C=O) groups is 1. The lowest BCUT2D eigenvalue weighted by Gasteiger charge is -2.15. The molecule has 5 heteroatoms. The number of rotatable bonds is 7. The Morgan fingerprint density at radius 3 is 2.62 bits per heavy atom. The third-order valence-electron chi connectivity index (χ3n) is 3.93. The minimum absolute atomic E-state index is 0.0562. The standard InChI is InChI=1S/C19H24N2O3/c1-4-13(2)15-7-5-6-8-17(15)24-12-19(22)21-14-9-10-18(23-3)16(20)11-14/h5-11,13H,4,12,20H2,1-3H3,(H,21,22). The molecule has 2 aromatic carbocycles. The van der Waals surface area contributed by atoms with Gasteiger partial charge in [0.25, 0.3) is 5.91 Å². The van der Waals surface area contributed by atoms with E-state index >= 15 is 0 Å². The maximum Gasteiger partial charge on any atom is 0.262 e. The summed E-state index contributed by atoms with van der Waals surface area (Å²) in [7, 11) is 1.55. The molecule has 128 valence electrons. The van der Waals surface area contributed by atoms with Gasteiger partial charge in [0.15, 0.2) is 6.61 Å². The molecule has 24 heavy (non-hydrogen) atoms. The molecule has 0 aliphatic carbocycles. The van der Waals surface area contributed by atoms with Gasteiger partial charge in [-0.05, 0) is 42.2 Å². The van der Waals surface area contributed by atoms with Crippen molar-refractivity contribution in [3.8, 4) is 11.5 Å². The van der Waals surface area contributed by atoms with Crippen LogP contribution >= 0.6 is 0 Å². The molecule has 1 amide bonds. The highest BCUT2D eigenvalue weighted by Crippen LogP contribution is 2.28. The predicted octanol–water partition coefficient (Wildman–Crippen LogP) is 3.81. The zero-order valence-electron chi connectivity index (χ0n) is 14.3. The predicted molar refractivity (Wildman–Crippen MR) is 96.7 cm³/mol. The largest absolute Gasteiger partial charge is 0.495 e. The molecular formula is C19H24N2O3. The normalized spacial score (nSPS) is 11.6. The highest BCUT2D eigenvalue weighted by Gasteiger charge is 2.11. The molecule has 0 saturated carbocycles. The molecule has 0 heterocycles. The van der Waals surface area contributed by atoms with Crippen LogP contribution in [0.25, 0.3) is 0 Å². The average molecular weight is 328 g/mol. The van der Waals surface area contributed by atoms with Gasteiger partial charge in [-0.1, -0.05) is 32.0 Å². The quantitative estimate of drug-likeness (QED) is 0.758. The fourth-order valence-corrected chi connectivity index (χ4v) is 2.39. The second-order valence-corrected chi connectivity index (χ2v) is 5.64. The minimum Gasteiger partial charge on any atom is -0.495 e. The smallest absolute Gasteiger partial charge is 0.262 e. The third kappa shape index (κ3) is 4.41. The second kappa shape index (κ2) is 8.24. The van der Waals surface area contributed by atoms with Gasteiger partial charge < -0.3 is 20.5 Å². The fourth-order valence-electron chi connectivity index (χ4n) is 2.39. The first-order chi connectivity index (χ1) is 11.5. The number of amides is 1. The van der Waals surface area contributed by atoms with Gasteiger partial charge in [-0.25, -0.2) is 0 Å². The maximum atomic E-state index is 12.1. The summed E-state index contributed by atoms with van der Waals surface area (Å²) in [6.45, 7) is 4.21. The van der Waals surface area contributed by atoms with Gasteiger partial charge in [0.05, 0.1) is 12.8 Å². The van der Waals surface area contributed by atoms with Crippen molar-refractivity contribution in [2.24, 2.45) is 0 Å². The molecule has 0 aromatic heterocycles. The molecule has 5 nitrogen and oxygen atoms in total. The number of nitrogens with one attached hydrogen (secondary N) is 1. The van der Waals surface area contributed by atoms with E-state index in [9.17, 15) is 4.79 Å². The van der Waals surface area contributed by atoms with Gasteiger partial charge >= 0.3 is 0 Å². The van der Waals surface area contributed by atoms with Crippen molar-refractivity contribution in [3.63, 3.8) is 0 Å². The summed E-state index contributed by atoms with van der Waals surface area (Å²) in [6, 6.07) is 12.9. The van der Waals surface area contributed by atoms with Gasteiger partial charge in [-0.3, -0.25) is 4.79 Å². The summed E-state index contributed by atoms with van der Waals surface area (Å²) < 4.78 is 10.8. The SMILES string of the molecule is CCC(C)c1ccccc1OCC(=O)Nc1ccc(OC)c(N)c1. The number of nitrogen functional groups attached to an aromatic ring is 1. The monoisotopic (exact) mass is 328 g/mol. The molecular weight excluding hydrogens is 304 g/mol. The van der Waals surface area contributed by atoms with E-state index in [1.807, 2.05) is 24.3 Å². The van der Waals surface area contributed by atoms with Crippen molar-refractivity contribution in [2.45, 2.75) is 26.2 Å². The Balaban J connectivity index is 1.98. The van der Waals surface area contributed by atoms with Crippen LogP contribution in [-0.4, -0.2) is 19.6 Å². The van der Waals surface area contributed by atoms with Gasteiger partial charge in [0, 0.05) is 5.69 Å². The Labute approximate surface area is 142 Å². The first-order valence-electron chi connectivity index (χ1n) is 8.00. The van der Waals surface area contributed by atoms with E-state index in [1.165, 1.54) is 0 Å². The zero-order valence-corrected chi connectivity index (χ0v) is 14.3. The van der Waals surface area contributed by atoms with E-state index < -0.39 is 0 Å². The van der Waals surface area contributed by atoms with Crippen LogP contribution in [0.3, 0.4) is 0 Å². The number of hydrogen-bond acceptors (Lipinski definition) is 4. The third-order valence-corrected chi connectivity index (χ3v) is 3.93. The van der Waals surface area contributed by atoms with E-state index in [0.29, 0.717) is 23.0 Å². The van der Waals surface area contributed by atoms with E-state index in [-0.39, 0.29) is 12.5 Å². The van der Waals surface area contributed by atoms with Crippen LogP contribution in [0.15, 0.2) is 42.5 Å². The summed E-state index contributed by atoms with van der Waals surface area (Å²) >= 11 is 0. The molecule has 0 radical (unpaired) electrons. The lowest BCUT2D eigenvalue weighted by atomic mass is 9.98. The molecule has 3 N–H and O–H groups in total. The van der Waals surface area contributed by atoms with Crippen LogP contribution in [0.1, 0.15) is 31.7 Å². The van der Waals surface area contributed by atoms with Crippen LogP contribution in [0.5, 0.6) is 11.5 Å². The Morgan fingerprint density at radius 1 is 1.21 bits per heavy atom. The molecule has 0 bridgehead atoms. The summed E-state index contributed by atoms with van der Waals surface area (Å²) in [6.07, 6.45) is 1.01. The molecule has 1 unspecified atom stereocenters. The summed E-state index contributed by atoms with van der Waals surface area (Å²) in [5.41, 5.74) is 8.03. The Hall–Kier alpha value is -2.69. The van der Waals surface area contributed by atoms with Gasteiger partial charge in [0.1, 0.15) is 11.5 Å². The van der Waals surface area contributed by atoms with E-state index in [0.717, 1.165) is 17.7 Å². The van der Waals surface area contributed by atoms with E-state index in [2.05, 4.69) is 19.2 Å². The minimum atomic E-state index is -0.237. The molecule has 0 spiro atoms. The highest BCUT2D eigenvalue weighted by atomic mass is 16.5. The molecule has 2 aromatic rings. The number of ether oxygens (including phenoxy) is 2. The molecule has 1 atom stereocenters. The van der Waals surface area contributed by atoms with Crippen LogP contribution in [-0.2, 0) is 4.79 Å². The van der Waals surface area contributed by atoms with Crippen molar-refractivity contribution in [1.29, 1.82) is 0 Å². The van der Waals surface area contributed by atoms with E-state index in [1.54, 1.807) is 25.3 Å². The number of nitrogens with two attached hydrogens (primary N) is 1. The zero-order chi connectivity index (χ0) is 17.5. The Morgan fingerprint density at radius 2 is 1.96 bits per heavy atom. The number of benzene rings is 2. The van der Waals surface area contributed by atoms with Crippen molar-refractivity contribution >= 4 is 17.3 Å². The molecule has 0 aliphatic rings. The van der Waals surface area contributed by atoms with Crippen molar-refractivity contribution in [1.82, 2.24) is 0 Å². The average Bonchev–Trinajstić information content (AvgIpc) is 2.59. The fraction of sp³-hybridized carbons (Fsp3) is 0.316. The molecule has 0 saturated heterocycles. The van der Waals surface area contributed by atoms with Crippen molar-refractivity contribution in [2.75, 3.05) is 24.8 Å². The van der Waals surface area contributed by atoms with Crippen LogP contribution < -0.4 is 20.5 Å².